The van der Waals surface area contributed by atoms with Crippen LogP contribution in [-0.4, -0.2) is 36.2 Å². The van der Waals surface area contributed by atoms with E-state index in [1.165, 1.54) is 10.5 Å². The summed E-state index contributed by atoms with van der Waals surface area (Å²) in [4.78, 5) is 14.6. The van der Waals surface area contributed by atoms with Gasteiger partial charge in [0.1, 0.15) is 0 Å². The standard InChI is InChI=1S/C14H22N2OS/c1-4-18-13-7-5-12(6-8-13)9-10-16(3)14(17)11(2)15/h5-8,11H,4,9-10,15H2,1-3H3. The van der Waals surface area contributed by atoms with Gasteiger partial charge in [0, 0.05) is 18.5 Å². The molecule has 1 unspecified atom stereocenters. The van der Waals surface area contributed by atoms with Crippen LogP contribution in [0.2, 0.25) is 0 Å². The van der Waals surface area contributed by atoms with Crippen LogP contribution in [0.1, 0.15) is 19.4 Å². The maximum atomic E-state index is 11.6. The fourth-order valence-corrected chi connectivity index (χ4v) is 2.34. The Morgan fingerprint density at radius 3 is 2.50 bits per heavy atom. The molecule has 18 heavy (non-hydrogen) atoms. The Labute approximate surface area is 114 Å². The van der Waals surface area contributed by atoms with Crippen LogP contribution >= 0.6 is 11.8 Å². The molecule has 1 amide bonds. The van der Waals surface area contributed by atoms with Crippen LogP contribution in [0, 0.1) is 0 Å². The minimum atomic E-state index is -0.418. The molecule has 0 bridgehead atoms. The van der Waals surface area contributed by atoms with Crippen molar-refractivity contribution in [3.05, 3.63) is 29.8 Å². The van der Waals surface area contributed by atoms with E-state index in [0.717, 1.165) is 12.2 Å². The molecule has 0 fully saturated rings. The zero-order valence-electron chi connectivity index (χ0n) is 11.3. The van der Waals surface area contributed by atoms with Crippen molar-refractivity contribution in [3.63, 3.8) is 0 Å². The summed E-state index contributed by atoms with van der Waals surface area (Å²) in [6.45, 7) is 4.57. The number of nitrogens with zero attached hydrogens (tertiary/aromatic N) is 1. The second-order valence-corrected chi connectivity index (χ2v) is 5.71. The highest BCUT2D eigenvalue weighted by Crippen LogP contribution is 2.17. The lowest BCUT2D eigenvalue weighted by molar-refractivity contribution is -0.130. The maximum absolute atomic E-state index is 11.6. The van der Waals surface area contributed by atoms with Crippen molar-refractivity contribution in [2.45, 2.75) is 31.2 Å². The number of nitrogens with two attached hydrogens (primary N) is 1. The summed E-state index contributed by atoms with van der Waals surface area (Å²) in [5.74, 6) is 1.08. The molecule has 0 aliphatic heterocycles. The molecule has 1 aromatic rings. The number of amides is 1. The fourth-order valence-electron chi connectivity index (χ4n) is 1.67. The minimum absolute atomic E-state index is 0.00633. The van der Waals surface area contributed by atoms with Crippen molar-refractivity contribution in [2.75, 3.05) is 19.3 Å². The molecule has 3 nitrogen and oxygen atoms in total. The molecule has 100 valence electrons. The van der Waals surface area contributed by atoms with Gasteiger partial charge in [0.15, 0.2) is 0 Å². The van der Waals surface area contributed by atoms with E-state index in [1.807, 2.05) is 11.8 Å². The van der Waals surface area contributed by atoms with E-state index >= 15 is 0 Å². The van der Waals surface area contributed by atoms with E-state index in [-0.39, 0.29) is 5.91 Å². The first-order valence-electron chi connectivity index (χ1n) is 6.27. The normalized spacial score (nSPS) is 12.2. The number of carbonyl (C=O) groups is 1. The molecule has 0 saturated heterocycles. The number of likely N-dealkylation sites (N-methyl/N-ethyl adjacent to an activating group) is 1. The minimum Gasteiger partial charge on any atom is -0.344 e. The predicted octanol–water partition coefficient (Wildman–Crippen LogP) is 2.15. The molecule has 0 saturated carbocycles. The van der Waals surface area contributed by atoms with Crippen molar-refractivity contribution < 1.29 is 4.79 Å². The summed E-state index contributed by atoms with van der Waals surface area (Å²) in [5, 5.41) is 0. The van der Waals surface area contributed by atoms with E-state index in [2.05, 4.69) is 31.2 Å². The number of carbonyl (C=O) groups excluding carboxylic acids is 1. The molecule has 4 heteroatoms. The lowest BCUT2D eigenvalue weighted by Gasteiger charge is -2.19. The highest BCUT2D eigenvalue weighted by Gasteiger charge is 2.12. The lowest BCUT2D eigenvalue weighted by atomic mass is 10.1. The third kappa shape index (κ3) is 4.70. The van der Waals surface area contributed by atoms with Crippen molar-refractivity contribution >= 4 is 17.7 Å². The van der Waals surface area contributed by atoms with Gasteiger partial charge in [-0.2, -0.15) is 0 Å². The Kier molecular flexibility index (Phi) is 6.22. The largest absolute Gasteiger partial charge is 0.344 e. The molecule has 0 spiro atoms. The second kappa shape index (κ2) is 7.44. The molecule has 0 radical (unpaired) electrons. The first-order chi connectivity index (χ1) is 8.54. The van der Waals surface area contributed by atoms with Crippen LogP contribution in [0.5, 0.6) is 0 Å². The van der Waals surface area contributed by atoms with E-state index < -0.39 is 6.04 Å². The third-order valence-corrected chi connectivity index (χ3v) is 3.63. The fraction of sp³-hybridized carbons (Fsp3) is 0.500. The van der Waals surface area contributed by atoms with Crippen molar-refractivity contribution in [3.8, 4) is 0 Å². The Hall–Kier alpha value is -1.00. The maximum Gasteiger partial charge on any atom is 0.238 e. The van der Waals surface area contributed by atoms with Gasteiger partial charge >= 0.3 is 0 Å². The van der Waals surface area contributed by atoms with E-state index in [9.17, 15) is 4.79 Å². The lowest BCUT2D eigenvalue weighted by Crippen LogP contribution is -2.40. The van der Waals surface area contributed by atoms with Gasteiger partial charge in [0.25, 0.3) is 0 Å². The Bertz CT molecular complexity index is 376. The SMILES string of the molecule is CCSc1ccc(CCN(C)C(=O)C(C)N)cc1. The van der Waals surface area contributed by atoms with Gasteiger partial charge in [-0.25, -0.2) is 0 Å². The highest BCUT2D eigenvalue weighted by atomic mass is 32.2. The summed E-state index contributed by atoms with van der Waals surface area (Å²) >= 11 is 1.84. The van der Waals surface area contributed by atoms with Crippen molar-refractivity contribution in [1.29, 1.82) is 0 Å². The number of hydrogen-bond donors (Lipinski definition) is 1. The average Bonchev–Trinajstić information content (AvgIpc) is 2.37. The zero-order valence-corrected chi connectivity index (χ0v) is 12.2. The van der Waals surface area contributed by atoms with Gasteiger partial charge in [-0.05, 0) is 36.8 Å². The van der Waals surface area contributed by atoms with Crippen LogP contribution < -0.4 is 5.73 Å². The second-order valence-electron chi connectivity index (χ2n) is 4.38. The summed E-state index contributed by atoms with van der Waals surface area (Å²) in [5.41, 5.74) is 6.81. The molecule has 0 aromatic heterocycles. The van der Waals surface area contributed by atoms with Crippen LogP contribution in [-0.2, 0) is 11.2 Å². The Morgan fingerprint density at radius 2 is 2.00 bits per heavy atom. The first kappa shape index (κ1) is 15.1. The van der Waals surface area contributed by atoms with Crippen molar-refractivity contribution in [1.82, 2.24) is 4.90 Å². The van der Waals surface area contributed by atoms with Gasteiger partial charge < -0.3 is 10.6 Å². The topological polar surface area (TPSA) is 46.3 Å². The molecular formula is C14H22N2OS. The molecule has 2 N–H and O–H groups in total. The molecule has 1 rings (SSSR count). The number of thioether (sulfide) groups is 1. The smallest absolute Gasteiger partial charge is 0.238 e. The quantitative estimate of drug-likeness (QED) is 0.803. The van der Waals surface area contributed by atoms with E-state index in [1.54, 1.807) is 18.9 Å². The van der Waals surface area contributed by atoms with E-state index in [4.69, 9.17) is 5.73 Å². The molecule has 1 atom stereocenters. The first-order valence-corrected chi connectivity index (χ1v) is 7.25. The van der Waals surface area contributed by atoms with Crippen LogP contribution in [0.15, 0.2) is 29.2 Å². The summed E-state index contributed by atoms with van der Waals surface area (Å²) in [7, 11) is 1.80. The average molecular weight is 266 g/mol. The number of hydrogen-bond acceptors (Lipinski definition) is 3. The third-order valence-electron chi connectivity index (χ3n) is 2.74. The molecule has 1 aromatic carbocycles. The van der Waals surface area contributed by atoms with E-state index in [0.29, 0.717) is 6.54 Å². The van der Waals surface area contributed by atoms with Crippen LogP contribution in [0.4, 0.5) is 0 Å². The molecule has 0 aliphatic carbocycles. The molecule has 0 heterocycles. The zero-order chi connectivity index (χ0) is 13.5. The Balaban J connectivity index is 2.46. The highest BCUT2D eigenvalue weighted by molar-refractivity contribution is 7.99. The van der Waals surface area contributed by atoms with Gasteiger partial charge in [0.2, 0.25) is 5.91 Å². The summed E-state index contributed by atoms with van der Waals surface area (Å²) < 4.78 is 0. The monoisotopic (exact) mass is 266 g/mol. The Morgan fingerprint density at radius 1 is 1.39 bits per heavy atom. The molecule has 0 aliphatic rings. The van der Waals surface area contributed by atoms with Gasteiger partial charge in [-0.3, -0.25) is 4.79 Å². The summed E-state index contributed by atoms with van der Waals surface area (Å²) in [6, 6.07) is 8.11. The van der Waals surface area contributed by atoms with Crippen LogP contribution in [0.3, 0.4) is 0 Å². The van der Waals surface area contributed by atoms with Gasteiger partial charge in [0.05, 0.1) is 6.04 Å². The number of rotatable bonds is 6. The number of benzene rings is 1. The van der Waals surface area contributed by atoms with Gasteiger partial charge in [-0.15, -0.1) is 11.8 Å². The van der Waals surface area contributed by atoms with Gasteiger partial charge in [-0.1, -0.05) is 19.1 Å². The van der Waals surface area contributed by atoms with Crippen molar-refractivity contribution in [2.24, 2.45) is 5.73 Å². The predicted molar refractivity (Wildman–Crippen MR) is 77.8 cm³/mol. The summed E-state index contributed by atoms with van der Waals surface area (Å²) in [6.07, 6.45) is 0.867. The van der Waals surface area contributed by atoms with Crippen LogP contribution in [0.25, 0.3) is 0 Å². The molecular weight excluding hydrogens is 244 g/mol.